The highest BCUT2D eigenvalue weighted by Gasteiger charge is 2.10. The number of aromatic nitrogens is 2. The van der Waals surface area contributed by atoms with Crippen molar-refractivity contribution in [1.82, 2.24) is 9.97 Å². The van der Waals surface area contributed by atoms with Gasteiger partial charge in [0.15, 0.2) is 11.6 Å². The number of nitrogens with one attached hydrogen (secondary N) is 2. The lowest BCUT2D eigenvalue weighted by Gasteiger charge is -2.11. The molecule has 0 amide bonds. The SMILES string of the molecule is CC#Cc1cc2nc(NCC)c(NCC)nc2cc1Cl. The van der Waals surface area contributed by atoms with Gasteiger partial charge in [0.2, 0.25) is 0 Å². The van der Waals surface area contributed by atoms with Gasteiger partial charge >= 0.3 is 0 Å². The Morgan fingerprint density at radius 2 is 1.60 bits per heavy atom. The molecule has 1 heterocycles. The number of hydrogen-bond acceptors (Lipinski definition) is 4. The van der Waals surface area contributed by atoms with E-state index < -0.39 is 0 Å². The third-order valence-corrected chi connectivity index (χ3v) is 3.01. The van der Waals surface area contributed by atoms with E-state index in [-0.39, 0.29) is 0 Å². The predicted octanol–water partition coefficient (Wildman–Crippen LogP) is 3.52. The molecule has 0 atom stereocenters. The van der Waals surface area contributed by atoms with Crippen molar-refractivity contribution in [3.63, 3.8) is 0 Å². The van der Waals surface area contributed by atoms with Crippen molar-refractivity contribution in [3.8, 4) is 11.8 Å². The maximum Gasteiger partial charge on any atom is 0.169 e. The zero-order valence-corrected chi connectivity index (χ0v) is 12.6. The van der Waals surface area contributed by atoms with E-state index in [0.29, 0.717) is 5.02 Å². The normalized spacial score (nSPS) is 10.0. The Hall–Kier alpha value is -1.99. The Kier molecular flexibility index (Phi) is 4.65. The molecule has 0 bridgehead atoms. The number of benzene rings is 1. The fourth-order valence-electron chi connectivity index (χ4n) is 1.89. The van der Waals surface area contributed by atoms with Crippen LogP contribution in [0.4, 0.5) is 11.6 Å². The molecule has 0 saturated carbocycles. The van der Waals surface area contributed by atoms with E-state index in [0.717, 1.165) is 41.3 Å². The van der Waals surface area contributed by atoms with E-state index in [2.05, 4.69) is 32.4 Å². The molecule has 1 aromatic heterocycles. The van der Waals surface area contributed by atoms with Crippen molar-refractivity contribution >= 4 is 34.3 Å². The summed E-state index contributed by atoms with van der Waals surface area (Å²) in [6.45, 7) is 7.40. The minimum Gasteiger partial charge on any atom is -0.367 e. The molecule has 20 heavy (non-hydrogen) atoms. The number of rotatable bonds is 4. The standard InChI is InChI=1S/C15H17ClN4/c1-4-7-10-8-12-13(9-11(10)16)20-15(18-6-3)14(19-12)17-5-2/h8-9H,5-6H2,1-3H3,(H,17,19)(H,18,20). The van der Waals surface area contributed by atoms with Gasteiger partial charge in [-0.3, -0.25) is 0 Å². The molecule has 4 nitrogen and oxygen atoms in total. The minimum absolute atomic E-state index is 0.597. The minimum atomic E-state index is 0.597. The fraction of sp³-hybridized carbons (Fsp3) is 0.333. The molecular weight excluding hydrogens is 272 g/mol. The van der Waals surface area contributed by atoms with Crippen molar-refractivity contribution in [2.24, 2.45) is 0 Å². The number of halogens is 1. The summed E-state index contributed by atoms with van der Waals surface area (Å²) >= 11 is 6.21. The number of fused-ring (bicyclic) bond motifs is 1. The zero-order chi connectivity index (χ0) is 14.5. The highest BCUT2D eigenvalue weighted by Crippen LogP contribution is 2.26. The van der Waals surface area contributed by atoms with Gasteiger partial charge in [-0.05, 0) is 32.9 Å². The smallest absolute Gasteiger partial charge is 0.169 e. The number of hydrogen-bond donors (Lipinski definition) is 2. The van der Waals surface area contributed by atoms with Crippen LogP contribution in [0.15, 0.2) is 12.1 Å². The molecule has 104 valence electrons. The highest BCUT2D eigenvalue weighted by molar-refractivity contribution is 6.32. The van der Waals surface area contributed by atoms with Crippen LogP contribution in [0.5, 0.6) is 0 Å². The molecule has 1 aromatic carbocycles. The van der Waals surface area contributed by atoms with Crippen molar-refractivity contribution in [2.45, 2.75) is 20.8 Å². The second-order valence-corrected chi connectivity index (χ2v) is 4.58. The van der Waals surface area contributed by atoms with E-state index in [1.54, 1.807) is 13.0 Å². The largest absolute Gasteiger partial charge is 0.367 e. The molecule has 0 aliphatic rings. The van der Waals surface area contributed by atoms with E-state index in [1.165, 1.54) is 0 Å². The van der Waals surface area contributed by atoms with Crippen LogP contribution >= 0.6 is 11.6 Å². The van der Waals surface area contributed by atoms with Gasteiger partial charge in [0.05, 0.1) is 16.1 Å². The summed E-state index contributed by atoms with van der Waals surface area (Å²) in [4.78, 5) is 9.18. The lowest BCUT2D eigenvalue weighted by Crippen LogP contribution is -2.08. The van der Waals surface area contributed by atoms with Crippen molar-refractivity contribution in [3.05, 3.63) is 22.7 Å². The lowest BCUT2D eigenvalue weighted by atomic mass is 10.2. The van der Waals surface area contributed by atoms with Gasteiger partial charge in [0.25, 0.3) is 0 Å². The van der Waals surface area contributed by atoms with Crippen molar-refractivity contribution in [2.75, 3.05) is 23.7 Å². The number of nitrogens with zero attached hydrogens (tertiary/aromatic N) is 2. The fourth-order valence-corrected chi connectivity index (χ4v) is 2.09. The first-order chi connectivity index (χ1) is 9.69. The molecule has 0 spiro atoms. The second-order valence-electron chi connectivity index (χ2n) is 4.18. The van der Waals surface area contributed by atoms with Crippen molar-refractivity contribution < 1.29 is 0 Å². The van der Waals surface area contributed by atoms with Gasteiger partial charge in [0, 0.05) is 18.7 Å². The Labute approximate surface area is 124 Å². The topological polar surface area (TPSA) is 49.8 Å². The monoisotopic (exact) mass is 288 g/mol. The van der Waals surface area contributed by atoms with Crippen LogP contribution in [0.3, 0.4) is 0 Å². The van der Waals surface area contributed by atoms with Crippen LogP contribution in [-0.2, 0) is 0 Å². The molecule has 0 radical (unpaired) electrons. The van der Waals surface area contributed by atoms with Gasteiger partial charge < -0.3 is 10.6 Å². The average Bonchev–Trinajstić information content (AvgIpc) is 2.42. The summed E-state index contributed by atoms with van der Waals surface area (Å²) in [6.07, 6.45) is 0. The molecule has 0 saturated heterocycles. The maximum atomic E-state index is 6.21. The second kappa shape index (κ2) is 6.44. The molecular formula is C15H17ClN4. The van der Waals surface area contributed by atoms with E-state index in [9.17, 15) is 0 Å². The number of anilines is 2. The lowest BCUT2D eigenvalue weighted by molar-refractivity contribution is 1.12. The summed E-state index contributed by atoms with van der Waals surface area (Å²) < 4.78 is 0. The highest BCUT2D eigenvalue weighted by atomic mass is 35.5. The summed E-state index contributed by atoms with van der Waals surface area (Å²) in [5.74, 6) is 7.32. The molecule has 0 aliphatic carbocycles. The molecule has 2 aromatic rings. The van der Waals surface area contributed by atoms with Crippen LogP contribution in [0.2, 0.25) is 5.02 Å². The first kappa shape index (κ1) is 14.4. The maximum absolute atomic E-state index is 6.21. The Balaban J connectivity index is 2.62. The van der Waals surface area contributed by atoms with Crippen LogP contribution in [-0.4, -0.2) is 23.1 Å². The Morgan fingerprint density at radius 1 is 1.05 bits per heavy atom. The van der Waals surface area contributed by atoms with Crippen molar-refractivity contribution in [1.29, 1.82) is 0 Å². The average molecular weight is 289 g/mol. The molecule has 5 heteroatoms. The van der Waals surface area contributed by atoms with Gasteiger partial charge in [0.1, 0.15) is 0 Å². The van der Waals surface area contributed by atoms with Crippen LogP contribution in [0.1, 0.15) is 26.3 Å². The summed E-state index contributed by atoms with van der Waals surface area (Å²) in [6, 6.07) is 3.68. The van der Waals surface area contributed by atoms with E-state index >= 15 is 0 Å². The summed E-state index contributed by atoms with van der Waals surface area (Å²) in [7, 11) is 0. The first-order valence-electron chi connectivity index (χ1n) is 6.61. The van der Waals surface area contributed by atoms with Crippen LogP contribution < -0.4 is 10.6 Å². The third kappa shape index (κ3) is 2.94. The molecule has 2 rings (SSSR count). The van der Waals surface area contributed by atoms with Gasteiger partial charge in [-0.15, -0.1) is 5.92 Å². The predicted molar refractivity (Wildman–Crippen MR) is 85.4 cm³/mol. The van der Waals surface area contributed by atoms with Crippen LogP contribution in [0.25, 0.3) is 11.0 Å². The molecule has 2 N–H and O–H groups in total. The molecule has 0 unspecified atom stereocenters. The first-order valence-corrected chi connectivity index (χ1v) is 6.99. The Bertz CT molecular complexity index is 686. The molecule has 0 aliphatic heterocycles. The van der Waals surface area contributed by atoms with Gasteiger partial charge in [-0.1, -0.05) is 17.5 Å². The van der Waals surface area contributed by atoms with E-state index in [1.807, 2.05) is 19.9 Å². The summed E-state index contributed by atoms with van der Waals surface area (Å²) in [5.41, 5.74) is 2.31. The summed E-state index contributed by atoms with van der Waals surface area (Å²) in [5, 5.41) is 7.02. The quantitative estimate of drug-likeness (QED) is 0.845. The molecule has 0 fully saturated rings. The third-order valence-electron chi connectivity index (χ3n) is 2.70. The Morgan fingerprint density at radius 3 is 2.10 bits per heavy atom. The van der Waals surface area contributed by atoms with E-state index in [4.69, 9.17) is 11.6 Å². The zero-order valence-electron chi connectivity index (χ0n) is 11.8. The van der Waals surface area contributed by atoms with Gasteiger partial charge in [-0.25, -0.2) is 9.97 Å². The van der Waals surface area contributed by atoms with Gasteiger partial charge in [-0.2, -0.15) is 0 Å². The van der Waals surface area contributed by atoms with Crippen LogP contribution in [0, 0.1) is 11.8 Å².